The number of anilines is 1. The third-order valence-corrected chi connectivity index (χ3v) is 5.74. The van der Waals surface area contributed by atoms with Gasteiger partial charge in [-0.3, -0.25) is 4.31 Å². The molecule has 5 nitrogen and oxygen atoms in total. The maximum absolute atomic E-state index is 13.4. The van der Waals surface area contributed by atoms with E-state index in [1.165, 1.54) is 28.9 Å². The molecular formula is C12H11FN2O3S2. The number of fused-ring (bicyclic) bond motifs is 1. The molecule has 0 radical (unpaired) electrons. The lowest BCUT2D eigenvalue weighted by molar-refractivity contribution is 0.391. The normalized spacial score (nSPS) is 14.4. The number of rotatable bonds is 3. The second-order valence-electron chi connectivity index (χ2n) is 4.29. The van der Waals surface area contributed by atoms with Gasteiger partial charge >= 0.3 is 0 Å². The van der Waals surface area contributed by atoms with Crippen molar-refractivity contribution in [1.29, 1.82) is 0 Å². The number of aromatic nitrogens is 1. The summed E-state index contributed by atoms with van der Waals surface area (Å²) in [5.41, 5.74) is 1.20. The quantitative estimate of drug-likeness (QED) is 0.870. The predicted octanol–water partition coefficient (Wildman–Crippen LogP) is 2.04. The van der Waals surface area contributed by atoms with E-state index in [0.29, 0.717) is 18.7 Å². The van der Waals surface area contributed by atoms with Crippen LogP contribution in [-0.2, 0) is 16.4 Å². The minimum Gasteiger partial charge on any atom is -0.479 e. The molecule has 0 bridgehead atoms. The van der Waals surface area contributed by atoms with Gasteiger partial charge in [0, 0.05) is 11.9 Å². The summed E-state index contributed by atoms with van der Waals surface area (Å²) < 4.78 is 48.7. The average molecular weight is 314 g/mol. The largest absolute Gasteiger partial charge is 0.479 e. The van der Waals surface area contributed by atoms with Crippen molar-refractivity contribution in [3.8, 4) is 5.88 Å². The summed E-state index contributed by atoms with van der Waals surface area (Å²) in [4.78, 5) is 0.0158. The van der Waals surface area contributed by atoms with Crippen LogP contribution in [-0.4, -0.2) is 26.4 Å². The number of methoxy groups -OCH3 is 1. The first-order valence-electron chi connectivity index (χ1n) is 5.83. The van der Waals surface area contributed by atoms with Crippen LogP contribution in [0.1, 0.15) is 5.56 Å². The zero-order chi connectivity index (χ0) is 14.3. The van der Waals surface area contributed by atoms with Gasteiger partial charge in [-0.2, -0.15) is 4.37 Å². The molecule has 0 atom stereocenters. The van der Waals surface area contributed by atoms with Gasteiger partial charge < -0.3 is 4.74 Å². The number of halogens is 1. The SMILES string of the molecule is COc1nscc1S(=O)(=O)N1CCc2ccc(F)cc21. The maximum atomic E-state index is 13.4. The highest BCUT2D eigenvalue weighted by molar-refractivity contribution is 7.93. The smallest absolute Gasteiger partial charge is 0.270 e. The molecule has 8 heteroatoms. The molecule has 0 fully saturated rings. The second kappa shape index (κ2) is 4.71. The molecule has 1 aliphatic rings. The van der Waals surface area contributed by atoms with Gasteiger partial charge in [-0.15, -0.1) is 0 Å². The lowest BCUT2D eigenvalue weighted by Crippen LogP contribution is -2.29. The fraction of sp³-hybridized carbons (Fsp3) is 0.250. The zero-order valence-electron chi connectivity index (χ0n) is 10.5. The molecular weight excluding hydrogens is 303 g/mol. The zero-order valence-corrected chi connectivity index (χ0v) is 12.2. The molecule has 0 spiro atoms. The molecule has 2 aromatic rings. The Hall–Kier alpha value is -1.67. The second-order valence-corrected chi connectivity index (χ2v) is 6.75. The van der Waals surface area contributed by atoms with E-state index in [2.05, 4.69) is 4.37 Å². The van der Waals surface area contributed by atoms with Crippen molar-refractivity contribution in [2.75, 3.05) is 18.0 Å². The molecule has 0 N–H and O–H groups in total. The lowest BCUT2D eigenvalue weighted by atomic mass is 10.2. The summed E-state index contributed by atoms with van der Waals surface area (Å²) in [6.07, 6.45) is 0.564. The van der Waals surface area contributed by atoms with Crippen LogP contribution in [0.25, 0.3) is 0 Å². The summed E-state index contributed by atoms with van der Waals surface area (Å²) in [6.45, 7) is 0.292. The van der Waals surface area contributed by atoms with Gasteiger partial charge in [0.25, 0.3) is 10.0 Å². The van der Waals surface area contributed by atoms with Crippen molar-refractivity contribution in [1.82, 2.24) is 4.37 Å². The highest BCUT2D eigenvalue weighted by atomic mass is 32.2. The summed E-state index contributed by atoms with van der Waals surface area (Å²) in [6, 6.07) is 4.19. The molecule has 0 unspecified atom stereocenters. The molecule has 3 rings (SSSR count). The van der Waals surface area contributed by atoms with Crippen LogP contribution in [0.4, 0.5) is 10.1 Å². The third-order valence-electron chi connectivity index (χ3n) is 3.17. The van der Waals surface area contributed by atoms with Crippen molar-refractivity contribution in [3.05, 3.63) is 35.0 Å². The Morgan fingerprint density at radius 1 is 1.45 bits per heavy atom. The van der Waals surface area contributed by atoms with Gasteiger partial charge in [0.15, 0.2) is 4.90 Å². The predicted molar refractivity (Wildman–Crippen MR) is 73.3 cm³/mol. The number of ether oxygens (including phenoxy) is 1. The van der Waals surface area contributed by atoms with Crippen LogP contribution in [0.15, 0.2) is 28.5 Å². The summed E-state index contributed by atoms with van der Waals surface area (Å²) in [5, 5.41) is 1.42. The molecule has 0 amide bonds. The van der Waals surface area contributed by atoms with Crippen LogP contribution in [0, 0.1) is 5.82 Å². The van der Waals surface area contributed by atoms with Crippen LogP contribution in [0.5, 0.6) is 5.88 Å². The maximum Gasteiger partial charge on any atom is 0.270 e. The van der Waals surface area contributed by atoms with Crippen molar-refractivity contribution in [2.24, 2.45) is 0 Å². The van der Waals surface area contributed by atoms with Crippen molar-refractivity contribution in [2.45, 2.75) is 11.3 Å². The van der Waals surface area contributed by atoms with E-state index >= 15 is 0 Å². The molecule has 0 saturated heterocycles. The number of hydrogen-bond donors (Lipinski definition) is 0. The standard InChI is InChI=1S/C12H11FN2O3S2/c1-18-12-11(7-19-14-12)20(16,17)15-5-4-8-2-3-9(13)6-10(8)15/h2-3,6-7H,4-5H2,1H3. The van der Waals surface area contributed by atoms with E-state index in [1.54, 1.807) is 6.07 Å². The number of benzene rings is 1. The molecule has 1 aromatic carbocycles. The molecule has 2 heterocycles. The first kappa shape index (κ1) is 13.3. The number of hydrogen-bond acceptors (Lipinski definition) is 5. The van der Waals surface area contributed by atoms with Crippen molar-refractivity contribution in [3.63, 3.8) is 0 Å². The van der Waals surface area contributed by atoms with Gasteiger partial charge in [0.2, 0.25) is 5.88 Å². The van der Waals surface area contributed by atoms with E-state index in [1.807, 2.05) is 0 Å². The van der Waals surface area contributed by atoms with Gasteiger partial charge in [-0.1, -0.05) is 6.07 Å². The van der Waals surface area contributed by atoms with E-state index < -0.39 is 15.8 Å². The highest BCUT2D eigenvalue weighted by Gasteiger charge is 2.34. The Morgan fingerprint density at radius 3 is 3.00 bits per heavy atom. The van der Waals surface area contributed by atoms with Crippen LogP contribution < -0.4 is 9.04 Å². The molecule has 1 aromatic heterocycles. The Labute approximate surface area is 119 Å². The van der Waals surface area contributed by atoms with Crippen molar-refractivity contribution >= 4 is 27.2 Å². The Morgan fingerprint density at radius 2 is 2.25 bits per heavy atom. The fourth-order valence-corrected chi connectivity index (χ4v) is 4.76. The first-order chi connectivity index (χ1) is 9.54. The molecule has 1 aliphatic heterocycles. The fourth-order valence-electron chi connectivity index (χ4n) is 2.22. The molecule has 106 valence electrons. The van der Waals surface area contributed by atoms with E-state index in [0.717, 1.165) is 17.1 Å². The van der Waals surface area contributed by atoms with Crippen LogP contribution in [0.3, 0.4) is 0 Å². The summed E-state index contributed by atoms with van der Waals surface area (Å²) >= 11 is 1.01. The van der Waals surface area contributed by atoms with Gasteiger partial charge in [0.1, 0.15) is 5.82 Å². The minimum absolute atomic E-state index is 0.0158. The number of nitrogens with zero attached hydrogens (tertiary/aromatic N) is 2. The Balaban J connectivity index is 2.09. The summed E-state index contributed by atoms with van der Waals surface area (Å²) in [5.74, 6) is -0.388. The topological polar surface area (TPSA) is 59.5 Å². The van der Waals surface area contributed by atoms with Crippen LogP contribution in [0.2, 0.25) is 0 Å². The molecule has 20 heavy (non-hydrogen) atoms. The van der Waals surface area contributed by atoms with E-state index in [-0.39, 0.29) is 10.8 Å². The van der Waals surface area contributed by atoms with Crippen molar-refractivity contribution < 1.29 is 17.5 Å². The Bertz CT molecular complexity index is 758. The third kappa shape index (κ3) is 1.95. The molecule has 0 saturated carbocycles. The van der Waals surface area contributed by atoms with Gasteiger partial charge in [-0.05, 0) is 35.6 Å². The van der Waals surface area contributed by atoms with Gasteiger partial charge in [0.05, 0.1) is 12.8 Å². The monoisotopic (exact) mass is 314 g/mol. The lowest BCUT2D eigenvalue weighted by Gasteiger charge is -2.19. The molecule has 0 aliphatic carbocycles. The first-order valence-corrected chi connectivity index (χ1v) is 8.11. The number of sulfonamides is 1. The van der Waals surface area contributed by atoms with E-state index in [4.69, 9.17) is 4.74 Å². The highest BCUT2D eigenvalue weighted by Crippen LogP contribution is 2.36. The summed E-state index contributed by atoms with van der Waals surface area (Å²) in [7, 11) is -2.41. The Kier molecular flexibility index (Phi) is 3.14. The van der Waals surface area contributed by atoms with E-state index in [9.17, 15) is 12.8 Å². The minimum atomic E-state index is -3.78. The average Bonchev–Trinajstić information content (AvgIpc) is 3.04. The van der Waals surface area contributed by atoms with Crippen LogP contribution >= 0.6 is 11.5 Å². The van der Waals surface area contributed by atoms with Gasteiger partial charge in [-0.25, -0.2) is 12.8 Å².